The third kappa shape index (κ3) is 3.72. The largest absolute Gasteiger partial charge is 0.496 e. The third-order valence-corrected chi connectivity index (χ3v) is 3.32. The molecule has 17 heavy (non-hydrogen) atoms. The van der Waals surface area contributed by atoms with Crippen LogP contribution in [-0.2, 0) is 6.42 Å². The Morgan fingerprint density at radius 3 is 3.00 bits per heavy atom. The molecule has 1 aromatic carbocycles. The fraction of sp³-hybridized carbons (Fsp3) is 0.571. The van der Waals surface area contributed by atoms with Crippen molar-refractivity contribution >= 4 is 0 Å². The van der Waals surface area contributed by atoms with E-state index in [9.17, 15) is 0 Å². The van der Waals surface area contributed by atoms with Crippen LogP contribution in [0.1, 0.15) is 12.0 Å². The van der Waals surface area contributed by atoms with E-state index in [4.69, 9.17) is 4.74 Å². The first-order valence-electron chi connectivity index (χ1n) is 6.45. The molecule has 3 heteroatoms. The highest BCUT2D eigenvalue weighted by Crippen LogP contribution is 2.18. The second kappa shape index (κ2) is 6.62. The van der Waals surface area contributed by atoms with E-state index in [1.54, 1.807) is 7.11 Å². The minimum Gasteiger partial charge on any atom is -0.496 e. The molecule has 0 atom stereocenters. The Morgan fingerprint density at radius 2 is 2.12 bits per heavy atom. The molecule has 0 radical (unpaired) electrons. The molecule has 1 aromatic rings. The maximum Gasteiger partial charge on any atom is 0.122 e. The molecule has 0 unspecified atom stereocenters. The van der Waals surface area contributed by atoms with Gasteiger partial charge in [0.15, 0.2) is 0 Å². The highest BCUT2D eigenvalue weighted by molar-refractivity contribution is 5.33. The number of hydrogen-bond acceptors (Lipinski definition) is 3. The SMILES string of the molecule is COc1ccccc1CCN1CCCNCC1. The predicted molar refractivity (Wildman–Crippen MR) is 70.6 cm³/mol. The molecule has 94 valence electrons. The number of nitrogens with zero attached hydrogens (tertiary/aromatic N) is 1. The lowest BCUT2D eigenvalue weighted by molar-refractivity contribution is 0.294. The van der Waals surface area contributed by atoms with Gasteiger partial charge in [0.25, 0.3) is 0 Å². The van der Waals surface area contributed by atoms with Crippen molar-refractivity contribution in [1.82, 2.24) is 10.2 Å². The fourth-order valence-electron chi connectivity index (χ4n) is 2.31. The molecule has 0 amide bonds. The van der Waals surface area contributed by atoms with Gasteiger partial charge < -0.3 is 15.0 Å². The third-order valence-electron chi connectivity index (χ3n) is 3.32. The average molecular weight is 234 g/mol. The number of nitrogens with one attached hydrogen (secondary N) is 1. The maximum absolute atomic E-state index is 5.38. The van der Waals surface area contributed by atoms with Crippen LogP contribution in [0.2, 0.25) is 0 Å². The van der Waals surface area contributed by atoms with Crippen LogP contribution in [0.5, 0.6) is 5.75 Å². The van der Waals surface area contributed by atoms with Crippen LogP contribution in [0.25, 0.3) is 0 Å². The summed E-state index contributed by atoms with van der Waals surface area (Å²) in [4.78, 5) is 2.53. The van der Waals surface area contributed by atoms with Crippen LogP contribution in [0.3, 0.4) is 0 Å². The highest BCUT2D eigenvalue weighted by atomic mass is 16.5. The van der Waals surface area contributed by atoms with Crippen molar-refractivity contribution in [3.63, 3.8) is 0 Å². The van der Waals surface area contributed by atoms with Crippen LogP contribution >= 0.6 is 0 Å². The summed E-state index contributed by atoms with van der Waals surface area (Å²) in [5, 5.41) is 3.43. The first-order chi connectivity index (χ1) is 8.40. The Hall–Kier alpha value is -1.06. The summed E-state index contributed by atoms with van der Waals surface area (Å²) in [7, 11) is 1.74. The Balaban J connectivity index is 1.87. The molecule has 1 saturated heterocycles. The normalized spacial score (nSPS) is 17.7. The zero-order valence-corrected chi connectivity index (χ0v) is 10.6. The average Bonchev–Trinajstić information content (AvgIpc) is 2.65. The molecule has 1 fully saturated rings. The van der Waals surface area contributed by atoms with Crippen molar-refractivity contribution in [3.05, 3.63) is 29.8 Å². The molecule has 0 aromatic heterocycles. The van der Waals surface area contributed by atoms with Crippen molar-refractivity contribution in [2.24, 2.45) is 0 Å². The van der Waals surface area contributed by atoms with E-state index in [2.05, 4.69) is 22.3 Å². The van der Waals surface area contributed by atoms with Gasteiger partial charge in [-0.05, 0) is 37.6 Å². The smallest absolute Gasteiger partial charge is 0.122 e. The lowest BCUT2D eigenvalue weighted by Crippen LogP contribution is -2.30. The summed E-state index contributed by atoms with van der Waals surface area (Å²) in [5.74, 6) is 1.01. The van der Waals surface area contributed by atoms with Gasteiger partial charge in [0.1, 0.15) is 5.75 Å². The molecule has 0 spiro atoms. The van der Waals surface area contributed by atoms with E-state index in [0.29, 0.717) is 0 Å². The summed E-state index contributed by atoms with van der Waals surface area (Å²) in [6.07, 6.45) is 2.33. The summed E-state index contributed by atoms with van der Waals surface area (Å²) < 4.78 is 5.38. The van der Waals surface area contributed by atoms with E-state index in [1.165, 1.54) is 18.5 Å². The van der Waals surface area contributed by atoms with Crippen molar-refractivity contribution in [1.29, 1.82) is 0 Å². The maximum atomic E-state index is 5.38. The van der Waals surface area contributed by atoms with Crippen molar-refractivity contribution in [3.8, 4) is 5.75 Å². The van der Waals surface area contributed by atoms with E-state index in [1.807, 2.05) is 12.1 Å². The number of ether oxygens (including phenoxy) is 1. The Kier molecular flexibility index (Phi) is 4.83. The molecular weight excluding hydrogens is 212 g/mol. The first-order valence-corrected chi connectivity index (χ1v) is 6.45. The van der Waals surface area contributed by atoms with Gasteiger partial charge in [-0.1, -0.05) is 18.2 Å². The van der Waals surface area contributed by atoms with Crippen LogP contribution in [-0.4, -0.2) is 44.7 Å². The second-order valence-electron chi connectivity index (χ2n) is 4.51. The number of methoxy groups -OCH3 is 1. The Morgan fingerprint density at radius 1 is 1.24 bits per heavy atom. The van der Waals surface area contributed by atoms with Gasteiger partial charge in [-0.15, -0.1) is 0 Å². The topological polar surface area (TPSA) is 24.5 Å². The monoisotopic (exact) mass is 234 g/mol. The van der Waals surface area contributed by atoms with Crippen LogP contribution in [0.15, 0.2) is 24.3 Å². The van der Waals surface area contributed by atoms with E-state index >= 15 is 0 Å². The Bertz CT molecular complexity index is 333. The summed E-state index contributed by atoms with van der Waals surface area (Å²) >= 11 is 0. The zero-order valence-electron chi connectivity index (χ0n) is 10.6. The fourth-order valence-corrected chi connectivity index (χ4v) is 2.31. The summed E-state index contributed by atoms with van der Waals surface area (Å²) in [5.41, 5.74) is 1.31. The molecular formula is C14H22N2O. The van der Waals surface area contributed by atoms with Crippen LogP contribution in [0.4, 0.5) is 0 Å². The molecule has 2 rings (SSSR count). The minimum atomic E-state index is 1.01. The van der Waals surface area contributed by atoms with E-state index < -0.39 is 0 Å². The van der Waals surface area contributed by atoms with E-state index in [0.717, 1.165) is 38.3 Å². The van der Waals surface area contributed by atoms with Gasteiger partial charge in [0, 0.05) is 19.6 Å². The molecule has 0 saturated carbocycles. The van der Waals surface area contributed by atoms with Gasteiger partial charge >= 0.3 is 0 Å². The predicted octanol–water partition coefficient (Wildman–Crippen LogP) is 1.53. The van der Waals surface area contributed by atoms with Gasteiger partial charge in [0.05, 0.1) is 7.11 Å². The van der Waals surface area contributed by atoms with Crippen LogP contribution in [0, 0.1) is 0 Å². The second-order valence-corrected chi connectivity index (χ2v) is 4.51. The Labute approximate surface area is 104 Å². The number of rotatable bonds is 4. The molecule has 1 N–H and O–H groups in total. The van der Waals surface area contributed by atoms with Crippen molar-refractivity contribution < 1.29 is 4.74 Å². The standard InChI is InChI=1S/C14H22N2O/c1-17-14-6-3-2-5-13(14)7-11-16-10-4-8-15-9-12-16/h2-3,5-6,15H,4,7-12H2,1H3. The lowest BCUT2D eigenvalue weighted by Gasteiger charge is -2.19. The molecule has 3 nitrogen and oxygen atoms in total. The summed E-state index contributed by atoms with van der Waals surface area (Å²) in [6.45, 7) is 5.77. The lowest BCUT2D eigenvalue weighted by atomic mass is 10.1. The molecule has 0 aliphatic carbocycles. The van der Waals surface area contributed by atoms with Gasteiger partial charge in [-0.3, -0.25) is 0 Å². The van der Waals surface area contributed by atoms with Crippen LogP contribution < -0.4 is 10.1 Å². The first kappa shape index (κ1) is 12.4. The van der Waals surface area contributed by atoms with Gasteiger partial charge in [-0.2, -0.15) is 0 Å². The molecule has 1 aliphatic rings. The van der Waals surface area contributed by atoms with E-state index in [-0.39, 0.29) is 0 Å². The number of benzene rings is 1. The van der Waals surface area contributed by atoms with Crippen molar-refractivity contribution in [2.45, 2.75) is 12.8 Å². The number of para-hydroxylation sites is 1. The molecule has 1 heterocycles. The van der Waals surface area contributed by atoms with Gasteiger partial charge in [0.2, 0.25) is 0 Å². The highest BCUT2D eigenvalue weighted by Gasteiger charge is 2.09. The summed E-state index contributed by atoms with van der Waals surface area (Å²) in [6, 6.07) is 8.31. The minimum absolute atomic E-state index is 1.01. The zero-order chi connectivity index (χ0) is 11.9. The van der Waals surface area contributed by atoms with Gasteiger partial charge in [-0.25, -0.2) is 0 Å². The molecule has 0 bridgehead atoms. The quantitative estimate of drug-likeness (QED) is 0.855. The number of hydrogen-bond donors (Lipinski definition) is 1. The molecule has 1 aliphatic heterocycles. The van der Waals surface area contributed by atoms with Crippen molar-refractivity contribution in [2.75, 3.05) is 39.8 Å².